The Labute approximate surface area is 171 Å². The zero-order chi connectivity index (χ0) is 20.1. The van der Waals surface area contributed by atoms with Crippen LogP contribution in [0.15, 0.2) is 60.7 Å². The lowest BCUT2D eigenvalue weighted by Crippen LogP contribution is -2.56. The molecule has 6 nitrogen and oxygen atoms in total. The molecule has 0 bridgehead atoms. The molecule has 2 amide bonds. The fourth-order valence-electron chi connectivity index (χ4n) is 4.39. The maximum Gasteiger partial charge on any atom is 0.247 e. The minimum Gasteiger partial charge on any atom is -0.339 e. The van der Waals surface area contributed by atoms with Crippen molar-refractivity contribution in [3.05, 3.63) is 60.7 Å². The lowest BCUT2D eigenvalue weighted by Gasteiger charge is -2.43. The topological polar surface area (TPSA) is 64.7 Å². The van der Waals surface area contributed by atoms with Gasteiger partial charge in [0.1, 0.15) is 5.54 Å². The molecule has 2 N–H and O–H groups in total. The van der Waals surface area contributed by atoms with E-state index in [-0.39, 0.29) is 11.8 Å². The molecule has 2 aromatic carbocycles. The van der Waals surface area contributed by atoms with Gasteiger partial charge in [-0.2, -0.15) is 0 Å². The highest BCUT2D eigenvalue weighted by molar-refractivity contribution is 5.93. The van der Waals surface area contributed by atoms with Gasteiger partial charge in [0.05, 0.1) is 6.67 Å². The van der Waals surface area contributed by atoms with Crippen molar-refractivity contribution in [3.63, 3.8) is 0 Å². The van der Waals surface area contributed by atoms with Crippen LogP contribution in [0.2, 0.25) is 0 Å². The van der Waals surface area contributed by atoms with Gasteiger partial charge in [0.2, 0.25) is 11.8 Å². The number of hydrogen-bond donors (Lipinski definition) is 2. The number of anilines is 2. The quantitative estimate of drug-likeness (QED) is 0.794. The molecular formula is C23H28N4O2. The van der Waals surface area contributed by atoms with Crippen LogP contribution in [0.1, 0.15) is 25.7 Å². The first-order valence-corrected chi connectivity index (χ1v) is 10.4. The van der Waals surface area contributed by atoms with Crippen molar-refractivity contribution < 1.29 is 9.59 Å². The lowest BCUT2D eigenvalue weighted by molar-refractivity contribution is -0.125. The second-order valence-corrected chi connectivity index (χ2v) is 7.82. The largest absolute Gasteiger partial charge is 0.339 e. The summed E-state index contributed by atoms with van der Waals surface area (Å²) in [5.41, 5.74) is 1.49. The third kappa shape index (κ3) is 4.27. The van der Waals surface area contributed by atoms with Crippen molar-refractivity contribution in [2.75, 3.05) is 36.5 Å². The molecular weight excluding hydrogens is 364 g/mol. The number of amides is 2. The normalized spacial score (nSPS) is 18.6. The van der Waals surface area contributed by atoms with E-state index in [9.17, 15) is 9.59 Å². The maximum atomic E-state index is 12.7. The first-order valence-electron chi connectivity index (χ1n) is 10.4. The van der Waals surface area contributed by atoms with Gasteiger partial charge in [-0.1, -0.05) is 36.4 Å². The van der Waals surface area contributed by atoms with Crippen molar-refractivity contribution in [2.24, 2.45) is 0 Å². The van der Waals surface area contributed by atoms with Crippen LogP contribution in [-0.4, -0.2) is 48.6 Å². The summed E-state index contributed by atoms with van der Waals surface area (Å²) in [5, 5.41) is 5.97. The van der Waals surface area contributed by atoms with E-state index in [4.69, 9.17) is 0 Å². The minimum atomic E-state index is -0.442. The highest BCUT2D eigenvalue weighted by Crippen LogP contribution is 2.36. The summed E-state index contributed by atoms with van der Waals surface area (Å²) in [6.45, 7) is 3.20. The number of likely N-dealkylation sites (tertiary alicyclic amines) is 1. The molecule has 2 aliphatic rings. The molecule has 2 heterocycles. The van der Waals surface area contributed by atoms with Crippen LogP contribution in [-0.2, 0) is 9.59 Å². The van der Waals surface area contributed by atoms with Crippen molar-refractivity contribution in [3.8, 4) is 0 Å². The molecule has 0 aliphatic carbocycles. The van der Waals surface area contributed by atoms with Crippen LogP contribution >= 0.6 is 0 Å². The number of para-hydroxylation sites is 2. The van der Waals surface area contributed by atoms with Crippen molar-refractivity contribution in [2.45, 2.75) is 31.2 Å². The lowest BCUT2D eigenvalue weighted by atomic mass is 9.85. The summed E-state index contributed by atoms with van der Waals surface area (Å²) in [6.07, 6.45) is 2.95. The Morgan fingerprint density at radius 3 is 2.34 bits per heavy atom. The van der Waals surface area contributed by atoms with Crippen LogP contribution in [0.4, 0.5) is 11.4 Å². The first-order chi connectivity index (χ1) is 14.2. The van der Waals surface area contributed by atoms with E-state index in [2.05, 4.69) is 32.6 Å². The Kier molecular flexibility index (Phi) is 5.81. The van der Waals surface area contributed by atoms with Gasteiger partial charge in [-0.15, -0.1) is 0 Å². The first kappa shape index (κ1) is 19.5. The van der Waals surface area contributed by atoms with E-state index in [0.717, 1.165) is 50.3 Å². The number of benzene rings is 2. The van der Waals surface area contributed by atoms with E-state index in [1.54, 1.807) is 0 Å². The van der Waals surface area contributed by atoms with Crippen LogP contribution < -0.4 is 15.5 Å². The highest BCUT2D eigenvalue weighted by Gasteiger charge is 2.50. The number of nitrogens with one attached hydrogen (secondary N) is 2. The van der Waals surface area contributed by atoms with Gasteiger partial charge in [-0.25, -0.2) is 0 Å². The molecule has 4 rings (SSSR count). The van der Waals surface area contributed by atoms with Gasteiger partial charge >= 0.3 is 0 Å². The smallest absolute Gasteiger partial charge is 0.247 e. The average Bonchev–Trinajstić information content (AvgIpc) is 3.06. The second-order valence-electron chi connectivity index (χ2n) is 7.82. The fourth-order valence-corrected chi connectivity index (χ4v) is 4.39. The molecule has 152 valence electrons. The van der Waals surface area contributed by atoms with E-state index in [0.29, 0.717) is 13.1 Å². The van der Waals surface area contributed by atoms with Crippen LogP contribution in [0.25, 0.3) is 0 Å². The molecule has 2 aliphatic heterocycles. The Morgan fingerprint density at radius 2 is 1.66 bits per heavy atom. The standard InChI is InChI=1S/C23H28N4O2/c28-21(25-19-8-3-1-4-9-19)12-7-15-26-16-13-23(14-17-26)22(29)24-18-27(23)20-10-5-2-6-11-20/h1-6,8-11H,7,12-18H2,(H,24,29)(H,25,28). The summed E-state index contributed by atoms with van der Waals surface area (Å²) in [5.74, 6) is 0.193. The summed E-state index contributed by atoms with van der Waals surface area (Å²) < 4.78 is 0. The van der Waals surface area contributed by atoms with E-state index < -0.39 is 5.54 Å². The Balaban J connectivity index is 1.27. The monoisotopic (exact) mass is 392 g/mol. The summed E-state index contributed by atoms with van der Waals surface area (Å²) in [4.78, 5) is 29.4. The van der Waals surface area contributed by atoms with Crippen molar-refractivity contribution >= 4 is 23.2 Å². The molecule has 0 atom stereocenters. The van der Waals surface area contributed by atoms with Crippen LogP contribution in [0.3, 0.4) is 0 Å². The minimum absolute atomic E-state index is 0.0510. The number of nitrogens with zero attached hydrogens (tertiary/aromatic N) is 2. The zero-order valence-corrected chi connectivity index (χ0v) is 16.6. The predicted octanol–water partition coefficient (Wildman–Crippen LogP) is 2.83. The molecule has 2 saturated heterocycles. The van der Waals surface area contributed by atoms with E-state index in [1.165, 1.54) is 0 Å². The molecule has 1 spiro atoms. The summed E-state index contributed by atoms with van der Waals surface area (Å²) in [7, 11) is 0. The number of rotatable bonds is 6. The molecule has 0 unspecified atom stereocenters. The highest BCUT2D eigenvalue weighted by atomic mass is 16.2. The van der Waals surface area contributed by atoms with Crippen LogP contribution in [0, 0.1) is 0 Å². The molecule has 0 saturated carbocycles. The van der Waals surface area contributed by atoms with Gasteiger partial charge < -0.3 is 20.4 Å². The molecule has 29 heavy (non-hydrogen) atoms. The number of hydrogen-bond acceptors (Lipinski definition) is 4. The molecule has 0 radical (unpaired) electrons. The third-order valence-corrected chi connectivity index (χ3v) is 6.02. The summed E-state index contributed by atoms with van der Waals surface area (Å²) in [6, 6.07) is 19.7. The fraction of sp³-hybridized carbons (Fsp3) is 0.391. The van der Waals surface area contributed by atoms with Gasteiger partial charge in [-0.3, -0.25) is 9.59 Å². The van der Waals surface area contributed by atoms with Crippen LogP contribution in [0.5, 0.6) is 0 Å². The average molecular weight is 393 g/mol. The van der Waals surface area contributed by atoms with E-state index >= 15 is 0 Å². The summed E-state index contributed by atoms with van der Waals surface area (Å²) >= 11 is 0. The predicted molar refractivity (Wildman–Crippen MR) is 115 cm³/mol. The maximum absolute atomic E-state index is 12.7. The van der Waals surface area contributed by atoms with Gasteiger partial charge in [-0.05, 0) is 50.1 Å². The Bertz CT molecular complexity index is 832. The zero-order valence-electron chi connectivity index (χ0n) is 16.6. The van der Waals surface area contributed by atoms with Crippen molar-refractivity contribution in [1.82, 2.24) is 10.2 Å². The molecule has 0 aromatic heterocycles. The van der Waals surface area contributed by atoms with Gasteiger partial charge in [0.15, 0.2) is 0 Å². The third-order valence-electron chi connectivity index (χ3n) is 6.02. The second kappa shape index (κ2) is 8.66. The number of piperidine rings is 1. The molecule has 6 heteroatoms. The van der Waals surface area contributed by atoms with E-state index in [1.807, 2.05) is 48.5 Å². The Hall–Kier alpha value is -2.86. The number of carbonyl (C=O) groups excluding carboxylic acids is 2. The van der Waals surface area contributed by atoms with Crippen molar-refractivity contribution in [1.29, 1.82) is 0 Å². The SMILES string of the molecule is O=C(CCCN1CCC2(CC1)C(=O)NCN2c1ccccc1)Nc1ccccc1. The molecule has 2 aromatic rings. The Morgan fingerprint density at radius 1 is 1.00 bits per heavy atom. The van der Waals surface area contributed by atoms with Gasteiger partial charge in [0, 0.05) is 30.9 Å². The molecule has 2 fully saturated rings. The van der Waals surface area contributed by atoms with Gasteiger partial charge in [0.25, 0.3) is 0 Å². The number of carbonyl (C=O) groups is 2.